The largest absolute Gasteiger partial charge is 0.323 e. The summed E-state index contributed by atoms with van der Waals surface area (Å²) in [5.74, 6) is 2.90. The van der Waals surface area contributed by atoms with E-state index in [1.165, 1.54) is 5.75 Å². The Hall–Kier alpha value is -0.480. The van der Waals surface area contributed by atoms with Crippen LogP contribution in [0.1, 0.15) is 38.8 Å². The van der Waals surface area contributed by atoms with E-state index in [4.69, 9.17) is 5.73 Å². The second kappa shape index (κ2) is 6.97. The molecule has 1 heterocycles. The third kappa shape index (κ3) is 4.58. The summed E-state index contributed by atoms with van der Waals surface area (Å²) in [4.78, 5) is 0. The lowest BCUT2D eigenvalue weighted by Gasteiger charge is -2.10. The summed E-state index contributed by atoms with van der Waals surface area (Å²) in [6.07, 6.45) is 5.08. The molecule has 0 spiro atoms. The molecule has 0 aliphatic rings. The van der Waals surface area contributed by atoms with Crippen LogP contribution in [-0.2, 0) is 6.54 Å². The van der Waals surface area contributed by atoms with Gasteiger partial charge in [0.25, 0.3) is 0 Å². The van der Waals surface area contributed by atoms with E-state index in [9.17, 15) is 0 Å². The molecule has 16 heavy (non-hydrogen) atoms. The van der Waals surface area contributed by atoms with Gasteiger partial charge in [0.2, 0.25) is 0 Å². The normalized spacial score (nSPS) is 13.3. The molecule has 0 aromatic carbocycles. The molecule has 1 rings (SSSR count). The second-order valence-corrected chi connectivity index (χ2v) is 5.65. The van der Waals surface area contributed by atoms with Crippen molar-refractivity contribution in [3.05, 3.63) is 18.0 Å². The van der Waals surface area contributed by atoms with Crippen molar-refractivity contribution in [2.45, 2.75) is 39.8 Å². The molecule has 1 aromatic rings. The maximum absolute atomic E-state index is 6.12. The third-order valence-corrected chi connectivity index (χ3v) is 3.78. The fourth-order valence-electron chi connectivity index (χ4n) is 1.45. The van der Waals surface area contributed by atoms with Crippen LogP contribution in [0.25, 0.3) is 0 Å². The van der Waals surface area contributed by atoms with Crippen LogP contribution in [0.5, 0.6) is 0 Å². The van der Waals surface area contributed by atoms with E-state index in [2.05, 4.69) is 32.1 Å². The highest BCUT2D eigenvalue weighted by molar-refractivity contribution is 7.99. The summed E-state index contributed by atoms with van der Waals surface area (Å²) in [5, 5.41) is 4.30. The van der Waals surface area contributed by atoms with Gasteiger partial charge in [-0.2, -0.15) is 16.9 Å². The van der Waals surface area contributed by atoms with E-state index in [1.807, 2.05) is 22.6 Å². The number of aryl methyl sites for hydroxylation is 1. The van der Waals surface area contributed by atoms with Crippen LogP contribution in [0.15, 0.2) is 12.4 Å². The van der Waals surface area contributed by atoms with Gasteiger partial charge in [-0.25, -0.2) is 0 Å². The van der Waals surface area contributed by atoms with Crippen molar-refractivity contribution < 1.29 is 0 Å². The number of nitrogens with two attached hydrogens (primary N) is 1. The second-order valence-electron chi connectivity index (χ2n) is 4.57. The SMILES string of the molecule is CCCn1cc(C(N)CSCC(C)C)cn1. The Kier molecular flexibility index (Phi) is 5.91. The molecule has 1 aromatic heterocycles. The van der Waals surface area contributed by atoms with Crippen molar-refractivity contribution in [1.82, 2.24) is 9.78 Å². The molecule has 1 unspecified atom stereocenters. The van der Waals surface area contributed by atoms with Crippen LogP contribution in [0.2, 0.25) is 0 Å². The highest BCUT2D eigenvalue weighted by Gasteiger charge is 2.08. The quantitative estimate of drug-likeness (QED) is 0.798. The third-order valence-electron chi connectivity index (χ3n) is 2.28. The summed E-state index contributed by atoms with van der Waals surface area (Å²) in [6, 6.07) is 0.120. The van der Waals surface area contributed by atoms with Gasteiger partial charge in [-0.15, -0.1) is 0 Å². The monoisotopic (exact) mass is 241 g/mol. The highest BCUT2D eigenvalue weighted by Crippen LogP contribution is 2.17. The molecule has 0 radical (unpaired) electrons. The Morgan fingerprint density at radius 3 is 2.81 bits per heavy atom. The molecular weight excluding hydrogens is 218 g/mol. The minimum atomic E-state index is 0.120. The van der Waals surface area contributed by atoms with Gasteiger partial charge in [0.1, 0.15) is 0 Å². The smallest absolute Gasteiger partial charge is 0.0537 e. The molecule has 0 aliphatic heterocycles. The zero-order valence-corrected chi connectivity index (χ0v) is 11.3. The zero-order chi connectivity index (χ0) is 12.0. The van der Waals surface area contributed by atoms with Gasteiger partial charge in [-0.1, -0.05) is 20.8 Å². The lowest BCUT2D eigenvalue weighted by molar-refractivity contribution is 0.601. The Morgan fingerprint density at radius 1 is 1.44 bits per heavy atom. The van der Waals surface area contributed by atoms with Crippen molar-refractivity contribution >= 4 is 11.8 Å². The fraction of sp³-hybridized carbons (Fsp3) is 0.750. The first-order valence-corrected chi connectivity index (χ1v) is 7.14. The van der Waals surface area contributed by atoms with Crippen molar-refractivity contribution in [2.75, 3.05) is 11.5 Å². The molecule has 0 fully saturated rings. The van der Waals surface area contributed by atoms with Gasteiger partial charge in [0.15, 0.2) is 0 Å². The van der Waals surface area contributed by atoms with Gasteiger partial charge in [0.05, 0.1) is 6.20 Å². The Labute approximate surface area is 103 Å². The first-order chi connectivity index (χ1) is 7.63. The number of aromatic nitrogens is 2. The van der Waals surface area contributed by atoms with Gasteiger partial charge in [0, 0.05) is 30.1 Å². The van der Waals surface area contributed by atoms with Crippen molar-refractivity contribution in [2.24, 2.45) is 11.7 Å². The summed E-state index contributed by atoms with van der Waals surface area (Å²) in [7, 11) is 0. The van der Waals surface area contributed by atoms with E-state index in [0.29, 0.717) is 0 Å². The molecule has 4 heteroatoms. The molecule has 0 aliphatic carbocycles. The fourth-order valence-corrected chi connectivity index (χ4v) is 2.50. The minimum Gasteiger partial charge on any atom is -0.323 e. The van der Waals surface area contributed by atoms with Crippen molar-refractivity contribution in [3.8, 4) is 0 Å². The molecule has 0 saturated heterocycles. The zero-order valence-electron chi connectivity index (χ0n) is 10.5. The summed E-state index contributed by atoms with van der Waals surface area (Å²) >= 11 is 1.92. The van der Waals surface area contributed by atoms with E-state index in [-0.39, 0.29) is 6.04 Å². The van der Waals surface area contributed by atoms with E-state index >= 15 is 0 Å². The van der Waals surface area contributed by atoms with Crippen LogP contribution in [0.4, 0.5) is 0 Å². The summed E-state index contributed by atoms with van der Waals surface area (Å²) in [5.41, 5.74) is 7.27. The van der Waals surface area contributed by atoms with Crippen LogP contribution in [0, 0.1) is 5.92 Å². The maximum atomic E-state index is 6.12. The van der Waals surface area contributed by atoms with Crippen LogP contribution in [0.3, 0.4) is 0 Å². The molecule has 0 bridgehead atoms. The average molecular weight is 241 g/mol. The van der Waals surface area contributed by atoms with Crippen LogP contribution in [-0.4, -0.2) is 21.3 Å². The standard InChI is InChI=1S/C12H23N3S/c1-4-5-15-7-11(6-14-15)12(13)9-16-8-10(2)3/h6-7,10,12H,4-5,8-9,13H2,1-3H3. The van der Waals surface area contributed by atoms with Crippen LogP contribution < -0.4 is 5.73 Å². The van der Waals surface area contributed by atoms with E-state index in [0.717, 1.165) is 30.2 Å². The highest BCUT2D eigenvalue weighted by atomic mass is 32.2. The topological polar surface area (TPSA) is 43.8 Å². The van der Waals surface area contributed by atoms with Crippen LogP contribution >= 0.6 is 11.8 Å². The molecule has 92 valence electrons. The lowest BCUT2D eigenvalue weighted by atomic mass is 10.2. The molecular formula is C12H23N3S. The number of nitrogens with zero attached hydrogens (tertiary/aromatic N) is 2. The first-order valence-electron chi connectivity index (χ1n) is 5.99. The maximum Gasteiger partial charge on any atom is 0.0537 e. The van der Waals surface area contributed by atoms with Crippen molar-refractivity contribution in [1.29, 1.82) is 0 Å². The summed E-state index contributed by atoms with van der Waals surface area (Å²) in [6.45, 7) is 7.60. The minimum absolute atomic E-state index is 0.120. The number of rotatable bonds is 7. The number of hydrogen-bond donors (Lipinski definition) is 1. The van der Waals surface area contributed by atoms with E-state index in [1.54, 1.807) is 0 Å². The molecule has 0 amide bonds. The average Bonchev–Trinajstić information content (AvgIpc) is 2.66. The Bertz CT molecular complexity index is 296. The Balaban J connectivity index is 2.36. The number of hydrogen-bond acceptors (Lipinski definition) is 3. The molecule has 1 atom stereocenters. The van der Waals surface area contributed by atoms with Crippen molar-refractivity contribution in [3.63, 3.8) is 0 Å². The van der Waals surface area contributed by atoms with Gasteiger partial charge in [-0.3, -0.25) is 4.68 Å². The molecule has 3 nitrogen and oxygen atoms in total. The predicted octanol–water partition coefficient (Wildman–Crippen LogP) is 2.68. The molecule has 2 N–H and O–H groups in total. The molecule has 0 saturated carbocycles. The van der Waals surface area contributed by atoms with E-state index < -0.39 is 0 Å². The summed E-state index contributed by atoms with van der Waals surface area (Å²) < 4.78 is 1.97. The van der Waals surface area contributed by atoms with Gasteiger partial charge >= 0.3 is 0 Å². The Morgan fingerprint density at radius 2 is 2.19 bits per heavy atom. The van der Waals surface area contributed by atoms with Gasteiger partial charge < -0.3 is 5.73 Å². The number of thioether (sulfide) groups is 1. The lowest BCUT2D eigenvalue weighted by Crippen LogP contribution is -2.13. The first kappa shape index (κ1) is 13.6. The predicted molar refractivity (Wildman–Crippen MR) is 71.6 cm³/mol. The van der Waals surface area contributed by atoms with Gasteiger partial charge in [-0.05, 0) is 18.1 Å².